The highest BCUT2D eigenvalue weighted by atomic mass is 16.3. The maximum absolute atomic E-state index is 5.83. The highest BCUT2D eigenvalue weighted by Gasteiger charge is 2.00. The van der Waals surface area contributed by atoms with Crippen LogP contribution in [0, 0.1) is 0 Å². The van der Waals surface area contributed by atoms with Crippen LogP contribution in [0.15, 0.2) is 47.1 Å². The first-order chi connectivity index (χ1) is 6.86. The van der Waals surface area contributed by atoms with Gasteiger partial charge in [0.25, 0.3) is 0 Å². The molecule has 2 heteroatoms. The molecule has 0 aliphatic heterocycles. The number of nitrogens with two attached hydrogens (primary N) is 1. The minimum absolute atomic E-state index is 0.860. The lowest BCUT2D eigenvalue weighted by atomic mass is 10.1. The van der Waals surface area contributed by atoms with Gasteiger partial charge in [-0.15, -0.1) is 0 Å². The van der Waals surface area contributed by atoms with Crippen molar-refractivity contribution in [2.75, 3.05) is 5.73 Å². The third-order valence-corrected chi connectivity index (χ3v) is 2.28. The predicted octanol–water partition coefficient (Wildman–Crippen LogP) is 2.65. The van der Waals surface area contributed by atoms with Crippen molar-refractivity contribution in [2.45, 2.75) is 12.8 Å². The summed E-state index contributed by atoms with van der Waals surface area (Å²) >= 11 is 0. The molecule has 0 radical (unpaired) electrons. The highest BCUT2D eigenvalue weighted by Crippen LogP contribution is 2.13. The van der Waals surface area contributed by atoms with Crippen LogP contribution in [-0.4, -0.2) is 0 Å². The van der Waals surface area contributed by atoms with Crippen LogP contribution in [0.2, 0.25) is 0 Å². The second kappa shape index (κ2) is 4.01. The molecule has 0 spiro atoms. The maximum Gasteiger partial charge on any atom is 0.104 e. The molecule has 0 atom stereocenters. The van der Waals surface area contributed by atoms with Crippen molar-refractivity contribution in [3.63, 3.8) is 0 Å². The second-order valence-electron chi connectivity index (χ2n) is 3.28. The van der Waals surface area contributed by atoms with E-state index in [2.05, 4.69) is 6.07 Å². The summed E-state index contributed by atoms with van der Waals surface area (Å²) in [5.74, 6) is 1.01. The fourth-order valence-electron chi connectivity index (χ4n) is 1.47. The molecule has 14 heavy (non-hydrogen) atoms. The zero-order valence-electron chi connectivity index (χ0n) is 7.94. The Hall–Kier alpha value is -1.70. The molecule has 1 heterocycles. The number of para-hydroxylation sites is 1. The summed E-state index contributed by atoms with van der Waals surface area (Å²) in [6.07, 6.45) is 3.53. The summed E-state index contributed by atoms with van der Waals surface area (Å²) < 4.78 is 5.25. The highest BCUT2D eigenvalue weighted by molar-refractivity contribution is 5.46. The minimum Gasteiger partial charge on any atom is -0.469 e. The van der Waals surface area contributed by atoms with E-state index in [9.17, 15) is 0 Å². The molecule has 0 saturated heterocycles. The van der Waals surface area contributed by atoms with Gasteiger partial charge in [0.1, 0.15) is 5.76 Å². The Morgan fingerprint density at radius 2 is 1.86 bits per heavy atom. The van der Waals surface area contributed by atoms with Crippen LogP contribution in [-0.2, 0) is 12.8 Å². The molecule has 1 aromatic heterocycles. The Labute approximate surface area is 83.4 Å². The fourth-order valence-corrected chi connectivity index (χ4v) is 1.47. The van der Waals surface area contributed by atoms with Crippen molar-refractivity contribution in [1.82, 2.24) is 0 Å². The average molecular weight is 187 g/mol. The van der Waals surface area contributed by atoms with E-state index in [1.54, 1.807) is 6.26 Å². The van der Waals surface area contributed by atoms with E-state index in [0.29, 0.717) is 0 Å². The Morgan fingerprint density at radius 1 is 1.00 bits per heavy atom. The van der Waals surface area contributed by atoms with Crippen molar-refractivity contribution >= 4 is 5.69 Å². The van der Waals surface area contributed by atoms with Crippen molar-refractivity contribution in [2.24, 2.45) is 0 Å². The van der Waals surface area contributed by atoms with Gasteiger partial charge in [-0.05, 0) is 30.2 Å². The molecule has 2 aromatic rings. The van der Waals surface area contributed by atoms with Crippen LogP contribution in [0.4, 0.5) is 5.69 Å². The summed E-state index contributed by atoms with van der Waals surface area (Å²) in [7, 11) is 0. The number of anilines is 1. The molecule has 0 aliphatic rings. The van der Waals surface area contributed by atoms with Crippen molar-refractivity contribution in [3.05, 3.63) is 54.0 Å². The first kappa shape index (κ1) is 8.88. The first-order valence-corrected chi connectivity index (χ1v) is 4.72. The van der Waals surface area contributed by atoms with Gasteiger partial charge in [-0.25, -0.2) is 0 Å². The number of rotatable bonds is 3. The van der Waals surface area contributed by atoms with E-state index in [4.69, 9.17) is 10.2 Å². The van der Waals surface area contributed by atoms with Gasteiger partial charge in [0.05, 0.1) is 6.26 Å². The van der Waals surface area contributed by atoms with Gasteiger partial charge in [0, 0.05) is 12.1 Å². The molecule has 2 nitrogen and oxygen atoms in total. The number of hydrogen-bond acceptors (Lipinski definition) is 2. The summed E-state index contributed by atoms with van der Waals surface area (Å²) in [4.78, 5) is 0. The molecule has 0 unspecified atom stereocenters. The monoisotopic (exact) mass is 187 g/mol. The van der Waals surface area contributed by atoms with Crippen molar-refractivity contribution in [1.29, 1.82) is 0 Å². The van der Waals surface area contributed by atoms with Crippen molar-refractivity contribution in [3.8, 4) is 0 Å². The summed E-state index contributed by atoms with van der Waals surface area (Å²) in [5, 5.41) is 0. The molecule has 2 N–H and O–H groups in total. The standard InChI is InChI=1S/C12H13NO/c13-12-6-2-1-4-10(12)7-8-11-5-3-9-14-11/h1-6,9H,7-8,13H2. The largest absolute Gasteiger partial charge is 0.469 e. The minimum atomic E-state index is 0.860. The van der Waals surface area contributed by atoms with E-state index in [0.717, 1.165) is 24.3 Å². The predicted molar refractivity (Wildman–Crippen MR) is 57.0 cm³/mol. The Balaban J connectivity index is 2.02. The molecule has 0 aliphatic carbocycles. The van der Waals surface area contributed by atoms with Crippen LogP contribution < -0.4 is 5.73 Å². The molecule has 0 bridgehead atoms. The number of hydrogen-bond donors (Lipinski definition) is 1. The molecular weight excluding hydrogens is 174 g/mol. The van der Waals surface area contributed by atoms with Crippen LogP contribution in [0.1, 0.15) is 11.3 Å². The van der Waals surface area contributed by atoms with Crippen LogP contribution in [0.3, 0.4) is 0 Å². The third-order valence-electron chi connectivity index (χ3n) is 2.28. The number of benzene rings is 1. The fraction of sp³-hybridized carbons (Fsp3) is 0.167. The third kappa shape index (κ3) is 1.96. The topological polar surface area (TPSA) is 39.2 Å². The lowest BCUT2D eigenvalue weighted by molar-refractivity contribution is 0.508. The van der Waals surface area contributed by atoms with Crippen LogP contribution >= 0.6 is 0 Å². The first-order valence-electron chi connectivity index (χ1n) is 4.72. The van der Waals surface area contributed by atoms with Gasteiger partial charge in [-0.2, -0.15) is 0 Å². The van der Waals surface area contributed by atoms with Gasteiger partial charge < -0.3 is 10.2 Å². The Kier molecular flexibility index (Phi) is 2.54. The van der Waals surface area contributed by atoms with Gasteiger partial charge in [-0.1, -0.05) is 18.2 Å². The second-order valence-corrected chi connectivity index (χ2v) is 3.28. The molecule has 0 amide bonds. The van der Waals surface area contributed by atoms with E-state index >= 15 is 0 Å². The van der Waals surface area contributed by atoms with Crippen LogP contribution in [0.5, 0.6) is 0 Å². The zero-order chi connectivity index (χ0) is 9.80. The smallest absolute Gasteiger partial charge is 0.104 e. The number of aryl methyl sites for hydroxylation is 2. The number of furan rings is 1. The lowest BCUT2D eigenvalue weighted by Crippen LogP contribution is -1.95. The van der Waals surface area contributed by atoms with Gasteiger partial charge in [0.2, 0.25) is 0 Å². The van der Waals surface area contributed by atoms with Gasteiger partial charge in [0.15, 0.2) is 0 Å². The summed E-state index contributed by atoms with van der Waals surface area (Å²) in [6, 6.07) is 11.8. The van der Waals surface area contributed by atoms with E-state index in [1.807, 2.05) is 30.3 Å². The van der Waals surface area contributed by atoms with E-state index in [1.165, 1.54) is 5.56 Å². The van der Waals surface area contributed by atoms with Crippen molar-refractivity contribution < 1.29 is 4.42 Å². The molecular formula is C12H13NO. The SMILES string of the molecule is Nc1ccccc1CCc1ccco1. The summed E-state index contributed by atoms with van der Waals surface area (Å²) in [6.45, 7) is 0. The average Bonchev–Trinajstić information content (AvgIpc) is 2.69. The zero-order valence-corrected chi connectivity index (χ0v) is 7.94. The van der Waals surface area contributed by atoms with E-state index in [-0.39, 0.29) is 0 Å². The molecule has 1 aromatic carbocycles. The molecule has 0 saturated carbocycles. The van der Waals surface area contributed by atoms with Crippen LogP contribution in [0.25, 0.3) is 0 Å². The molecule has 0 fully saturated rings. The Bertz CT molecular complexity index is 392. The lowest BCUT2D eigenvalue weighted by Gasteiger charge is -2.02. The molecule has 2 rings (SSSR count). The normalized spacial score (nSPS) is 10.3. The maximum atomic E-state index is 5.83. The quantitative estimate of drug-likeness (QED) is 0.750. The van der Waals surface area contributed by atoms with E-state index < -0.39 is 0 Å². The Morgan fingerprint density at radius 3 is 2.57 bits per heavy atom. The summed E-state index contributed by atoms with van der Waals surface area (Å²) in [5.41, 5.74) is 7.87. The van der Waals surface area contributed by atoms with Gasteiger partial charge in [-0.3, -0.25) is 0 Å². The molecule has 72 valence electrons. The number of nitrogen functional groups attached to an aromatic ring is 1. The van der Waals surface area contributed by atoms with Gasteiger partial charge >= 0.3 is 0 Å².